The van der Waals surface area contributed by atoms with Gasteiger partial charge in [0.15, 0.2) is 0 Å². The Kier molecular flexibility index (Phi) is 3.78. The van der Waals surface area contributed by atoms with Crippen molar-refractivity contribution in [3.05, 3.63) is 29.8 Å². The van der Waals surface area contributed by atoms with Crippen LogP contribution in [0, 0.1) is 0 Å². The van der Waals surface area contributed by atoms with E-state index in [0.717, 1.165) is 31.6 Å². The van der Waals surface area contributed by atoms with Gasteiger partial charge in [0, 0.05) is 6.04 Å². The van der Waals surface area contributed by atoms with Gasteiger partial charge in [-0.25, -0.2) is 4.39 Å². The lowest BCUT2D eigenvalue weighted by molar-refractivity contribution is 0.143. The molecule has 2 nitrogen and oxygen atoms in total. The standard InChI is InChI=1S/C13H18FNO/c1-16-11-4-2-3-10(9-11)7-8-15-13-6-5-12(13)14/h2-4,9,12-13,15H,5-8H2,1H3. The van der Waals surface area contributed by atoms with E-state index >= 15 is 0 Å². The summed E-state index contributed by atoms with van der Waals surface area (Å²) in [4.78, 5) is 0. The van der Waals surface area contributed by atoms with Crippen LogP contribution in [0.25, 0.3) is 0 Å². The largest absolute Gasteiger partial charge is 0.497 e. The van der Waals surface area contributed by atoms with Crippen LogP contribution in [0.2, 0.25) is 0 Å². The monoisotopic (exact) mass is 223 g/mol. The van der Waals surface area contributed by atoms with E-state index in [0.29, 0.717) is 0 Å². The average molecular weight is 223 g/mol. The predicted octanol–water partition coefficient (Wildman–Crippen LogP) is 2.33. The molecule has 0 saturated heterocycles. The van der Waals surface area contributed by atoms with E-state index in [2.05, 4.69) is 11.4 Å². The van der Waals surface area contributed by atoms with Crippen molar-refractivity contribution in [1.82, 2.24) is 5.32 Å². The fourth-order valence-corrected chi connectivity index (χ4v) is 1.92. The van der Waals surface area contributed by atoms with Crippen LogP contribution in [-0.4, -0.2) is 25.9 Å². The molecule has 0 bridgehead atoms. The van der Waals surface area contributed by atoms with E-state index in [4.69, 9.17) is 4.74 Å². The minimum Gasteiger partial charge on any atom is -0.497 e. The summed E-state index contributed by atoms with van der Waals surface area (Å²) in [6.07, 6.45) is 1.97. The zero-order chi connectivity index (χ0) is 11.4. The molecular weight excluding hydrogens is 205 g/mol. The van der Waals surface area contributed by atoms with Gasteiger partial charge in [-0.2, -0.15) is 0 Å². The summed E-state index contributed by atoms with van der Waals surface area (Å²) in [6.45, 7) is 0.832. The van der Waals surface area contributed by atoms with Gasteiger partial charge in [-0.3, -0.25) is 0 Å². The lowest BCUT2D eigenvalue weighted by Gasteiger charge is -2.31. The Morgan fingerprint density at radius 3 is 2.94 bits per heavy atom. The molecular formula is C13H18FNO. The van der Waals surface area contributed by atoms with Crippen molar-refractivity contribution < 1.29 is 9.13 Å². The molecule has 0 amide bonds. The van der Waals surface area contributed by atoms with Crippen molar-refractivity contribution in [1.29, 1.82) is 0 Å². The van der Waals surface area contributed by atoms with E-state index in [1.165, 1.54) is 5.56 Å². The van der Waals surface area contributed by atoms with Crippen LogP contribution in [0.1, 0.15) is 18.4 Å². The van der Waals surface area contributed by atoms with Gasteiger partial charge in [0.25, 0.3) is 0 Å². The van der Waals surface area contributed by atoms with E-state index in [1.54, 1.807) is 7.11 Å². The first-order valence-electron chi connectivity index (χ1n) is 5.80. The van der Waals surface area contributed by atoms with Crippen LogP contribution in [0.3, 0.4) is 0 Å². The number of alkyl halides is 1. The molecule has 3 heteroatoms. The van der Waals surface area contributed by atoms with Crippen LogP contribution in [0.4, 0.5) is 4.39 Å². The number of halogens is 1. The van der Waals surface area contributed by atoms with Gasteiger partial charge in [-0.1, -0.05) is 12.1 Å². The molecule has 1 aliphatic carbocycles. The van der Waals surface area contributed by atoms with Crippen LogP contribution in [0.15, 0.2) is 24.3 Å². The topological polar surface area (TPSA) is 21.3 Å². The quantitative estimate of drug-likeness (QED) is 0.827. The number of hydrogen-bond donors (Lipinski definition) is 1. The van der Waals surface area contributed by atoms with E-state index in [1.807, 2.05) is 18.2 Å². The fraction of sp³-hybridized carbons (Fsp3) is 0.538. The normalized spacial score (nSPS) is 23.9. The minimum atomic E-state index is -0.634. The molecule has 0 spiro atoms. The van der Waals surface area contributed by atoms with E-state index < -0.39 is 6.17 Å². The second-order valence-corrected chi connectivity index (χ2v) is 4.26. The molecule has 1 saturated carbocycles. The first kappa shape index (κ1) is 11.4. The molecule has 0 radical (unpaired) electrons. The van der Waals surface area contributed by atoms with Crippen molar-refractivity contribution in [3.63, 3.8) is 0 Å². The summed E-state index contributed by atoms with van der Waals surface area (Å²) in [7, 11) is 1.67. The molecule has 2 unspecified atom stereocenters. The minimum absolute atomic E-state index is 0.0885. The van der Waals surface area contributed by atoms with Crippen LogP contribution >= 0.6 is 0 Å². The third-order valence-corrected chi connectivity index (χ3v) is 3.14. The van der Waals surface area contributed by atoms with Crippen molar-refractivity contribution in [2.24, 2.45) is 0 Å². The number of methoxy groups -OCH3 is 1. The smallest absolute Gasteiger partial charge is 0.119 e. The molecule has 1 fully saturated rings. The van der Waals surface area contributed by atoms with Gasteiger partial charge in [0.1, 0.15) is 11.9 Å². The van der Waals surface area contributed by atoms with Gasteiger partial charge < -0.3 is 10.1 Å². The molecule has 2 atom stereocenters. The Balaban J connectivity index is 1.76. The molecule has 16 heavy (non-hydrogen) atoms. The number of benzene rings is 1. The third-order valence-electron chi connectivity index (χ3n) is 3.14. The van der Waals surface area contributed by atoms with Gasteiger partial charge in [-0.05, 0) is 43.5 Å². The average Bonchev–Trinajstić information content (AvgIpc) is 2.33. The van der Waals surface area contributed by atoms with Gasteiger partial charge in [0.05, 0.1) is 7.11 Å². The second kappa shape index (κ2) is 5.30. The Morgan fingerprint density at radius 2 is 2.31 bits per heavy atom. The van der Waals surface area contributed by atoms with Crippen LogP contribution in [-0.2, 0) is 6.42 Å². The SMILES string of the molecule is COc1cccc(CCNC2CCC2F)c1. The first-order valence-corrected chi connectivity index (χ1v) is 5.80. The van der Waals surface area contributed by atoms with Crippen molar-refractivity contribution in [3.8, 4) is 5.75 Å². The highest BCUT2D eigenvalue weighted by molar-refractivity contribution is 5.28. The highest BCUT2D eigenvalue weighted by Crippen LogP contribution is 2.22. The van der Waals surface area contributed by atoms with Crippen molar-refractivity contribution in [2.45, 2.75) is 31.5 Å². The van der Waals surface area contributed by atoms with E-state index in [9.17, 15) is 4.39 Å². The van der Waals surface area contributed by atoms with Gasteiger partial charge in [0.2, 0.25) is 0 Å². The van der Waals surface area contributed by atoms with Crippen molar-refractivity contribution in [2.75, 3.05) is 13.7 Å². The number of hydrogen-bond acceptors (Lipinski definition) is 2. The lowest BCUT2D eigenvalue weighted by Crippen LogP contribution is -2.46. The maximum absolute atomic E-state index is 12.9. The summed E-state index contributed by atoms with van der Waals surface area (Å²) in [6, 6.07) is 8.09. The first-order chi connectivity index (χ1) is 7.79. The summed E-state index contributed by atoms with van der Waals surface area (Å²) >= 11 is 0. The zero-order valence-corrected chi connectivity index (χ0v) is 9.58. The van der Waals surface area contributed by atoms with Crippen LogP contribution < -0.4 is 10.1 Å². The molecule has 0 aliphatic heterocycles. The highest BCUT2D eigenvalue weighted by atomic mass is 19.1. The Morgan fingerprint density at radius 1 is 1.44 bits per heavy atom. The second-order valence-electron chi connectivity index (χ2n) is 4.26. The lowest BCUT2D eigenvalue weighted by atomic mass is 9.90. The fourth-order valence-electron chi connectivity index (χ4n) is 1.92. The Bertz CT molecular complexity index is 342. The van der Waals surface area contributed by atoms with E-state index in [-0.39, 0.29) is 6.04 Å². The zero-order valence-electron chi connectivity index (χ0n) is 9.58. The summed E-state index contributed by atoms with van der Waals surface area (Å²) in [5.74, 6) is 0.879. The molecule has 1 N–H and O–H groups in total. The summed E-state index contributed by atoms with van der Waals surface area (Å²) in [5.41, 5.74) is 1.22. The van der Waals surface area contributed by atoms with Crippen molar-refractivity contribution >= 4 is 0 Å². The Labute approximate surface area is 95.8 Å². The molecule has 0 aromatic heterocycles. The Hall–Kier alpha value is -1.09. The molecule has 1 aliphatic rings. The molecule has 0 heterocycles. The maximum Gasteiger partial charge on any atom is 0.119 e. The maximum atomic E-state index is 12.9. The number of ether oxygens (including phenoxy) is 1. The van der Waals surface area contributed by atoms with Gasteiger partial charge >= 0.3 is 0 Å². The number of rotatable bonds is 5. The summed E-state index contributed by atoms with van der Waals surface area (Å²) < 4.78 is 18.1. The summed E-state index contributed by atoms with van der Waals surface area (Å²) in [5, 5.41) is 3.24. The molecule has 2 rings (SSSR count). The van der Waals surface area contributed by atoms with Crippen LogP contribution in [0.5, 0.6) is 5.75 Å². The molecule has 1 aromatic carbocycles. The highest BCUT2D eigenvalue weighted by Gasteiger charge is 2.29. The predicted molar refractivity (Wildman–Crippen MR) is 62.6 cm³/mol. The molecule has 1 aromatic rings. The number of nitrogens with one attached hydrogen (secondary N) is 1. The molecule has 88 valence electrons. The van der Waals surface area contributed by atoms with Gasteiger partial charge in [-0.15, -0.1) is 0 Å². The third kappa shape index (κ3) is 2.73.